The average molecular weight is 735 g/mol. The van der Waals surface area contributed by atoms with Crippen molar-refractivity contribution < 1.29 is 13.3 Å². The van der Waals surface area contributed by atoms with Crippen LogP contribution in [0.4, 0.5) is 17.1 Å². The fourth-order valence-electron chi connectivity index (χ4n) is 9.09. The molecule has 0 atom stereocenters. The van der Waals surface area contributed by atoms with E-state index < -0.39 is 0 Å². The summed E-state index contributed by atoms with van der Waals surface area (Å²) in [6.07, 6.45) is 0. The second-order valence-corrected chi connectivity index (χ2v) is 15.5. The van der Waals surface area contributed by atoms with Crippen molar-refractivity contribution in [2.24, 2.45) is 0 Å². The van der Waals surface area contributed by atoms with Gasteiger partial charge in [-0.25, -0.2) is 4.98 Å². The Balaban J connectivity index is 0.989. The highest BCUT2D eigenvalue weighted by atomic mass is 16.4. The smallest absolute Gasteiger partial charge is 0.227 e. The van der Waals surface area contributed by atoms with Crippen LogP contribution in [0.15, 0.2) is 183 Å². The summed E-state index contributed by atoms with van der Waals surface area (Å²) in [4.78, 5) is 7.23. The Labute approximate surface area is 328 Å². The molecule has 5 nitrogen and oxygen atoms in total. The summed E-state index contributed by atoms with van der Waals surface area (Å²) in [5, 5.41) is 4.26. The molecule has 0 unspecified atom stereocenters. The predicted octanol–water partition coefficient (Wildman–Crippen LogP) is 14.7. The third-order valence-corrected chi connectivity index (χ3v) is 11.9. The molecule has 0 aliphatic heterocycles. The molecular formula is C52H34N2O3. The Kier molecular flexibility index (Phi) is 6.62. The Morgan fingerprint density at radius 1 is 0.439 bits per heavy atom. The summed E-state index contributed by atoms with van der Waals surface area (Å²) in [6, 6.07) is 59.8. The van der Waals surface area contributed by atoms with Crippen LogP contribution in [0.3, 0.4) is 0 Å². The molecule has 0 saturated heterocycles. The van der Waals surface area contributed by atoms with Crippen LogP contribution < -0.4 is 4.90 Å². The van der Waals surface area contributed by atoms with Crippen LogP contribution in [0.25, 0.3) is 88.7 Å². The van der Waals surface area contributed by atoms with Crippen molar-refractivity contribution in [2.45, 2.75) is 19.3 Å². The molecule has 0 N–H and O–H groups in total. The SMILES string of the molecule is CC1(C)c2ccccc2-c2c(N(c3ccc(-c4ccc5oc6cc7oc(-c8ccccc8)nc7cc6c5c4)cc3)c3ccc4oc5ccccc5c4c3)cccc21. The standard InChI is InChI=1S/C52H34N2O3/c1-52(2)41-15-8-6-14-37(41)50-42(52)16-10-17-44(50)54(35-24-26-47-39(28-35)36-13-7-9-18-45(36)55-47)34-22-19-31(20-23-34)33-21-25-46-38(27-33)40-29-43-49(30-48(40)56-46)57-51(53-43)32-11-4-3-5-12-32/h3-30H,1-2H3. The maximum absolute atomic E-state index is 6.34. The Hall–Kier alpha value is -7.37. The van der Waals surface area contributed by atoms with Gasteiger partial charge in [-0.2, -0.15) is 0 Å². The Morgan fingerprint density at radius 3 is 1.98 bits per heavy atom. The van der Waals surface area contributed by atoms with E-state index in [1.54, 1.807) is 0 Å². The van der Waals surface area contributed by atoms with Gasteiger partial charge in [-0.05, 0) is 101 Å². The molecule has 0 saturated carbocycles. The van der Waals surface area contributed by atoms with Crippen molar-refractivity contribution >= 4 is 72.0 Å². The second kappa shape index (κ2) is 11.8. The highest BCUT2D eigenvalue weighted by molar-refractivity contribution is 6.10. The topological polar surface area (TPSA) is 55.6 Å². The molecule has 5 heteroatoms. The lowest BCUT2D eigenvalue weighted by molar-refractivity contribution is 0.617. The molecule has 0 spiro atoms. The molecule has 11 aromatic rings. The number of rotatable bonds is 5. The number of furan rings is 2. The van der Waals surface area contributed by atoms with Gasteiger partial charge < -0.3 is 18.2 Å². The molecule has 0 bridgehead atoms. The second-order valence-electron chi connectivity index (χ2n) is 15.5. The number of nitrogens with zero attached hydrogens (tertiary/aromatic N) is 2. The summed E-state index contributed by atoms with van der Waals surface area (Å²) in [5.74, 6) is 0.601. The first kappa shape index (κ1) is 31.9. The lowest BCUT2D eigenvalue weighted by Gasteiger charge is -2.29. The van der Waals surface area contributed by atoms with Crippen LogP contribution in [-0.4, -0.2) is 4.98 Å². The largest absolute Gasteiger partial charge is 0.456 e. The van der Waals surface area contributed by atoms with E-state index in [1.165, 1.54) is 22.3 Å². The number of hydrogen-bond acceptors (Lipinski definition) is 5. The minimum Gasteiger partial charge on any atom is -0.456 e. The third-order valence-electron chi connectivity index (χ3n) is 11.9. The van der Waals surface area contributed by atoms with Gasteiger partial charge in [0.05, 0.1) is 5.69 Å². The van der Waals surface area contributed by atoms with Gasteiger partial charge >= 0.3 is 0 Å². The number of para-hydroxylation sites is 1. The molecule has 0 fully saturated rings. The predicted molar refractivity (Wildman–Crippen MR) is 232 cm³/mol. The molecule has 1 aliphatic rings. The number of anilines is 3. The number of hydrogen-bond donors (Lipinski definition) is 0. The van der Waals surface area contributed by atoms with E-state index in [2.05, 4.69) is 140 Å². The van der Waals surface area contributed by atoms with E-state index in [-0.39, 0.29) is 5.41 Å². The van der Waals surface area contributed by atoms with Crippen LogP contribution in [0.5, 0.6) is 0 Å². The van der Waals surface area contributed by atoms with Gasteiger partial charge in [0.15, 0.2) is 5.58 Å². The molecule has 0 amide bonds. The van der Waals surface area contributed by atoms with Crippen molar-refractivity contribution in [1.29, 1.82) is 0 Å². The molecule has 3 aromatic heterocycles. The van der Waals surface area contributed by atoms with Crippen LogP contribution in [0, 0.1) is 0 Å². The first-order chi connectivity index (χ1) is 28.0. The zero-order valence-electron chi connectivity index (χ0n) is 31.3. The van der Waals surface area contributed by atoms with Crippen molar-refractivity contribution in [2.75, 3.05) is 4.90 Å². The lowest BCUT2D eigenvalue weighted by Crippen LogP contribution is -2.16. The van der Waals surface area contributed by atoms with Crippen molar-refractivity contribution in [1.82, 2.24) is 4.98 Å². The molecule has 270 valence electrons. The molecule has 8 aromatic carbocycles. The zero-order chi connectivity index (χ0) is 37.8. The molecule has 12 rings (SSSR count). The summed E-state index contributed by atoms with van der Waals surface area (Å²) >= 11 is 0. The number of aromatic nitrogens is 1. The van der Waals surface area contributed by atoms with E-state index in [9.17, 15) is 0 Å². The maximum Gasteiger partial charge on any atom is 0.227 e. The quantitative estimate of drug-likeness (QED) is 0.176. The first-order valence-corrected chi connectivity index (χ1v) is 19.4. The highest BCUT2D eigenvalue weighted by Crippen LogP contribution is 2.54. The Morgan fingerprint density at radius 2 is 1.11 bits per heavy atom. The van der Waals surface area contributed by atoms with E-state index in [4.69, 9.17) is 18.2 Å². The van der Waals surface area contributed by atoms with Crippen LogP contribution >= 0.6 is 0 Å². The Bertz CT molecular complexity index is 3380. The van der Waals surface area contributed by atoms with Crippen LogP contribution in [0.1, 0.15) is 25.0 Å². The summed E-state index contributed by atoms with van der Waals surface area (Å²) in [6.45, 7) is 4.67. The van der Waals surface area contributed by atoms with Gasteiger partial charge in [-0.1, -0.05) is 105 Å². The van der Waals surface area contributed by atoms with E-state index in [0.717, 1.165) is 83.1 Å². The average Bonchev–Trinajstić information content (AvgIpc) is 4.00. The first-order valence-electron chi connectivity index (χ1n) is 19.4. The maximum atomic E-state index is 6.34. The van der Waals surface area contributed by atoms with Crippen molar-refractivity contribution in [3.63, 3.8) is 0 Å². The van der Waals surface area contributed by atoms with Crippen LogP contribution in [0.2, 0.25) is 0 Å². The number of benzene rings is 8. The highest BCUT2D eigenvalue weighted by Gasteiger charge is 2.37. The molecule has 3 heterocycles. The minimum absolute atomic E-state index is 0.123. The molecule has 0 radical (unpaired) electrons. The normalized spacial score (nSPS) is 13.2. The van der Waals surface area contributed by atoms with Gasteiger partial charge in [-0.15, -0.1) is 0 Å². The van der Waals surface area contributed by atoms with E-state index in [0.29, 0.717) is 11.5 Å². The fourth-order valence-corrected chi connectivity index (χ4v) is 9.09. The van der Waals surface area contributed by atoms with Gasteiger partial charge in [0, 0.05) is 55.5 Å². The number of oxazole rings is 1. The van der Waals surface area contributed by atoms with Crippen molar-refractivity contribution in [3.05, 3.63) is 181 Å². The summed E-state index contributed by atoms with van der Waals surface area (Å²) in [5.41, 5.74) is 16.4. The summed E-state index contributed by atoms with van der Waals surface area (Å²) in [7, 11) is 0. The van der Waals surface area contributed by atoms with Gasteiger partial charge in [0.2, 0.25) is 5.89 Å². The zero-order valence-corrected chi connectivity index (χ0v) is 31.3. The van der Waals surface area contributed by atoms with Crippen molar-refractivity contribution in [3.8, 4) is 33.7 Å². The van der Waals surface area contributed by atoms with E-state index in [1.807, 2.05) is 48.5 Å². The lowest BCUT2D eigenvalue weighted by atomic mass is 9.82. The molecule has 1 aliphatic carbocycles. The van der Waals surface area contributed by atoms with Gasteiger partial charge in [0.25, 0.3) is 0 Å². The fraction of sp³-hybridized carbons (Fsp3) is 0.0577. The van der Waals surface area contributed by atoms with Gasteiger partial charge in [-0.3, -0.25) is 0 Å². The van der Waals surface area contributed by atoms with Crippen LogP contribution in [-0.2, 0) is 5.41 Å². The number of fused-ring (bicyclic) bond motifs is 10. The third kappa shape index (κ3) is 4.79. The molecule has 57 heavy (non-hydrogen) atoms. The van der Waals surface area contributed by atoms with E-state index >= 15 is 0 Å². The molecular weight excluding hydrogens is 701 g/mol. The van der Waals surface area contributed by atoms with Gasteiger partial charge in [0.1, 0.15) is 27.8 Å². The minimum atomic E-state index is -0.123. The monoisotopic (exact) mass is 734 g/mol. The summed E-state index contributed by atoms with van der Waals surface area (Å²) < 4.78 is 18.8.